The Morgan fingerprint density at radius 3 is 2.87 bits per heavy atom. The fraction of sp³-hybridized carbons (Fsp3) is 0.308. The summed E-state index contributed by atoms with van der Waals surface area (Å²) >= 11 is 0. The first kappa shape index (κ1) is 9.97. The number of hydrogen-bond donors (Lipinski definition) is 0. The van der Waals surface area contributed by atoms with Gasteiger partial charge in [0.05, 0.1) is 11.6 Å². The minimum Gasteiger partial charge on any atom is -0.464 e. The summed E-state index contributed by atoms with van der Waals surface area (Å²) in [6.45, 7) is 4.30. The minimum atomic E-state index is 0.0291. The molecule has 0 N–H and O–H groups in total. The number of benzene rings is 1. The maximum atomic E-state index is 11.6. The first-order valence-corrected chi connectivity index (χ1v) is 5.24. The fourth-order valence-electron chi connectivity index (χ4n) is 1.64. The van der Waals surface area contributed by atoms with Crippen LogP contribution in [-0.2, 0) is 0 Å². The highest BCUT2D eigenvalue weighted by Crippen LogP contribution is 2.21. The summed E-state index contributed by atoms with van der Waals surface area (Å²) in [5.74, 6) is 0.481. The SMILES string of the molecule is CCC(C)c1ccc2occc(=O)c2c1. The van der Waals surface area contributed by atoms with Crippen LogP contribution >= 0.6 is 0 Å². The van der Waals surface area contributed by atoms with Gasteiger partial charge in [0.25, 0.3) is 0 Å². The molecule has 0 saturated carbocycles. The van der Waals surface area contributed by atoms with E-state index in [2.05, 4.69) is 13.8 Å². The Bertz CT molecular complexity index is 525. The van der Waals surface area contributed by atoms with Crippen molar-refractivity contribution >= 4 is 11.0 Å². The minimum absolute atomic E-state index is 0.0291. The van der Waals surface area contributed by atoms with Crippen molar-refractivity contribution in [3.63, 3.8) is 0 Å². The van der Waals surface area contributed by atoms with Crippen molar-refractivity contribution in [3.8, 4) is 0 Å². The molecule has 2 heteroatoms. The molecule has 1 atom stereocenters. The van der Waals surface area contributed by atoms with Crippen LogP contribution in [0.25, 0.3) is 11.0 Å². The van der Waals surface area contributed by atoms with Crippen LogP contribution in [0.15, 0.2) is 39.7 Å². The third-order valence-corrected chi connectivity index (χ3v) is 2.86. The molecule has 0 radical (unpaired) electrons. The molecule has 78 valence electrons. The van der Waals surface area contributed by atoms with Gasteiger partial charge in [0, 0.05) is 6.07 Å². The zero-order valence-electron chi connectivity index (χ0n) is 8.99. The van der Waals surface area contributed by atoms with Gasteiger partial charge in [0.2, 0.25) is 0 Å². The molecule has 15 heavy (non-hydrogen) atoms. The number of fused-ring (bicyclic) bond motifs is 1. The third-order valence-electron chi connectivity index (χ3n) is 2.86. The van der Waals surface area contributed by atoms with Crippen molar-refractivity contribution in [3.05, 3.63) is 46.3 Å². The summed E-state index contributed by atoms with van der Waals surface area (Å²) in [5.41, 5.74) is 1.89. The standard InChI is InChI=1S/C13H14O2/c1-3-9(2)10-4-5-13-11(8-10)12(14)6-7-15-13/h4-9H,3H2,1-2H3. The first-order valence-electron chi connectivity index (χ1n) is 5.24. The molecule has 0 aliphatic rings. The fourth-order valence-corrected chi connectivity index (χ4v) is 1.64. The van der Waals surface area contributed by atoms with Gasteiger partial charge < -0.3 is 4.42 Å². The lowest BCUT2D eigenvalue weighted by Gasteiger charge is -2.08. The van der Waals surface area contributed by atoms with Gasteiger partial charge in [-0.05, 0) is 30.0 Å². The highest BCUT2D eigenvalue weighted by Gasteiger charge is 2.06. The Balaban J connectivity index is 2.65. The van der Waals surface area contributed by atoms with E-state index in [9.17, 15) is 4.79 Å². The molecule has 0 amide bonds. The van der Waals surface area contributed by atoms with E-state index in [1.165, 1.54) is 17.9 Å². The normalized spacial score (nSPS) is 12.9. The molecule has 2 aromatic rings. The summed E-state index contributed by atoms with van der Waals surface area (Å²) in [5, 5.41) is 0.676. The van der Waals surface area contributed by atoms with E-state index in [0.717, 1.165) is 6.42 Å². The van der Waals surface area contributed by atoms with E-state index in [1.54, 1.807) is 0 Å². The van der Waals surface area contributed by atoms with Gasteiger partial charge in [-0.3, -0.25) is 4.79 Å². The molecule has 1 aromatic heterocycles. The average Bonchev–Trinajstić information content (AvgIpc) is 2.28. The van der Waals surface area contributed by atoms with Crippen molar-refractivity contribution < 1.29 is 4.42 Å². The molecule has 1 heterocycles. The monoisotopic (exact) mass is 202 g/mol. The van der Waals surface area contributed by atoms with Gasteiger partial charge in [-0.15, -0.1) is 0 Å². The average molecular weight is 202 g/mol. The molecule has 0 spiro atoms. The Kier molecular flexibility index (Phi) is 2.58. The van der Waals surface area contributed by atoms with E-state index in [1.807, 2.05) is 18.2 Å². The predicted molar refractivity (Wildman–Crippen MR) is 61.2 cm³/mol. The molecule has 1 aromatic carbocycles. The van der Waals surface area contributed by atoms with Crippen molar-refractivity contribution in [2.75, 3.05) is 0 Å². The molecule has 0 fully saturated rings. The lowest BCUT2D eigenvalue weighted by atomic mass is 9.97. The molecule has 0 aliphatic carbocycles. The molecule has 1 unspecified atom stereocenters. The van der Waals surface area contributed by atoms with E-state index in [0.29, 0.717) is 16.9 Å². The molecule has 0 bridgehead atoms. The molecule has 2 rings (SSSR count). The lowest BCUT2D eigenvalue weighted by molar-refractivity contribution is 0.602. The highest BCUT2D eigenvalue weighted by molar-refractivity contribution is 5.77. The van der Waals surface area contributed by atoms with Crippen molar-refractivity contribution in [1.29, 1.82) is 0 Å². The van der Waals surface area contributed by atoms with Gasteiger partial charge >= 0.3 is 0 Å². The topological polar surface area (TPSA) is 30.2 Å². The summed E-state index contributed by atoms with van der Waals surface area (Å²) < 4.78 is 5.26. The second kappa shape index (κ2) is 3.89. The Morgan fingerprint density at radius 1 is 1.33 bits per heavy atom. The van der Waals surface area contributed by atoms with Crippen LogP contribution in [0.3, 0.4) is 0 Å². The van der Waals surface area contributed by atoms with Crippen molar-refractivity contribution in [1.82, 2.24) is 0 Å². The Labute approximate surface area is 88.5 Å². The van der Waals surface area contributed by atoms with Crippen molar-refractivity contribution in [2.24, 2.45) is 0 Å². The van der Waals surface area contributed by atoms with Gasteiger partial charge in [0.15, 0.2) is 5.43 Å². The zero-order valence-corrected chi connectivity index (χ0v) is 8.99. The first-order chi connectivity index (χ1) is 7.22. The van der Waals surface area contributed by atoms with Crippen molar-refractivity contribution in [2.45, 2.75) is 26.2 Å². The van der Waals surface area contributed by atoms with Crippen LogP contribution in [0, 0.1) is 0 Å². The zero-order chi connectivity index (χ0) is 10.8. The van der Waals surface area contributed by atoms with Crippen LogP contribution in [0.5, 0.6) is 0 Å². The Hall–Kier alpha value is -1.57. The Morgan fingerprint density at radius 2 is 2.13 bits per heavy atom. The number of rotatable bonds is 2. The van der Waals surface area contributed by atoms with E-state index < -0.39 is 0 Å². The van der Waals surface area contributed by atoms with Crippen LogP contribution in [0.4, 0.5) is 0 Å². The molecule has 2 nitrogen and oxygen atoms in total. The van der Waals surface area contributed by atoms with E-state index in [-0.39, 0.29) is 5.43 Å². The molecule has 0 saturated heterocycles. The maximum absolute atomic E-state index is 11.6. The molecular formula is C13H14O2. The van der Waals surface area contributed by atoms with Crippen LogP contribution in [-0.4, -0.2) is 0 Å². The second-order valence-electron chi connectivity index (χ2n) is 3.85. The molecular weight excluding hydrogens is 188 g/mol. The summed E-state index contributed by atoms with van der Waals surface area (Å²) in [4.78, 5) is 11.6. The van der Waals surface area contributed by atoms with Gasteiger partial charge in [-0.1, -0.05) is 19.9 Å². The predicted octanol–water partition coefficient (Wildman–Crippen LogP) is 3.31. The summed E-state index contributed by atoms with van der Waals surface area (Å²) in [6, 6.07) is 7.30. The largest absolute Gasteiger partial charge is 0.464 e. The second-order valence-corrected chi connectivity index (χ2v) is 3.85. The third kappa shape index (κ3) is 1.80. The van der Waals surface area contributed by atoms with E-state index in [4.69, 9.17) is 4.42 Å². The smallest absolute Gasteiger partial charge is 0.192 e. The lowest BCUT2D eigenvalue weighted by Crippen LogP contribution is -2.00. The maximum Gasteiger partial charge on any atom is 0.192 e. The van der Waals surface area contributed by atoms with Crippen LogP contribution in [0.1, 0.15) is 31.7 Å². The van der Waals surface area contributed by atoms with E-state index >= 15 is 0 Å². The summed E-state index contributed by atoms with van der Waals surface area (Å²) in [6.07, 6.45) is 2.51. The van der Waals surface area contributed by atoms with Gasteiger partial charge in [-0.25, -0.2) is 0 Å². The number of hydrogen-bond acceptors (Lipinski definition) is 2. The van der Waals surface area contributed by atoms with Gasteiger partial charge in [-0.2, -0.15) is 0 Å². The van der Waals surface area contributed by atoms with Gasteiger partial charge in [0.1, 0.15) is 5.58 Å². The summed E-state index contributed by atoms with van der Waals surface area (Å²) in [7, 11) is 0. The highest BCUT2D eigenvalue weighted by atomic mass is 16.3. The molecule has 0 aliphatic heterocycles. The quantitative estimate of drug-likeness (QED) is 0.747. The van der Waals surface area contributed by atoms with Crippen LogP contribution in [0.2, 0.25) is 0 Å². The van der Waals surface area contributed by atoms with Crippen LogP contribution < -0.4 is 5.43 Å².